The van der Waals surface area contributed by atoms with E-state index in [-0.39, 0.29) is 0 Å². The van der Waals surface area contributed by atoms with Gasteiger partial charge in [0.1, 0.15) is 11.2 Å². The van der Waals surface area contributed by atoms with Crippen molar-refractivity contribution in [1.82, 2.24) is 4.90 Å². The van der Waals surface area contributed by atoms with Crippen LogP contribution >= 0.6 is 11.8 Å². The van der Waals surface area contributed by atoms with Crippen LogP contribution in [0.3, 0.4) is 0 Å². The van der Waals surface area contributed by atoms with Crippen LogP contribution in [0, 0.1) is 28.6 Å². The molecule has 0 bridgehead atoms. The van der Waals surface area contributed by atoms with Gasteiger partial charge in [-0.2, -0.15) is 10.5 Å². The molecule has 2 aliphatic rings. The number of hydrogen-bond acceptors (Lipinski definition) is 7. The number of carbonyl (C=O) groups excluding carboxylic acids is 1. The fraction of sp³-hybridized carbons (Fsp3) is 0.583. The molecule has 7 heteroatoms. The molecule has 1 saturated heterocycles. The number of thioether (sulfide) groups is 1. The third kappa shape index (κ3) is 2.53. The van der Waals surface area contributed by atoms with Gasteiger partial charge in [0.15, 0.2) is 0 Å². The molecule has 0 N–H and O–H groups in total. The Labute approximate surface area is 115 Å². The van der Waals surface area contributed by atoms with Crippen molar-refractivity contribution in [1.29, 1.82) is 10.5 Å². The van der Waals surface area contributed by atoms with E-state index < -0.39 is 17.1 Å². The summed E-state index contributed by atoms with van der Waals surface area (Å²) in [7, 11) is 1.28. The normalized spacial score (nSPS) is 26.8. The number of carbonyl (C=O) groups is 1. The molecule has 19 heavy (non-hydrogen) atoms. The number of methoxy groups -OCH3 is 1. The topological polar surface area (TPSA) is 86.3 Å². The van der Waals surface area contributed by atoms with Gasteiger partial charge in [-0.1, -0.05) is 11.8 Å². The first-order chi connectivity index (χ1) is 9.22. The molecular formula is C12H13N3O3S. The standard InChI is InChI=1S/C12H13N3O3S/c1-17-12(16)10-8(6-13)9(7-14)19-11(10)15-2-4-18-5-3-15/h8-9H,2-5H2,1H3. The van der Waals surface area contributed by atoms with Crippen molar-refractivity contribution >= 4 is 17.7 Å². The second kappa shape index (κ2) is 5.96. The molecule has 100 valence electrons. The van der Waals surface area contributed by atoms with E-state index in [1.807, 2.05) is 11.0 Å². The average Bonchev–Trinajstić information content (AvgIpc) is 2.85. The van der Waals surface area contributed by atoms with Gasteiger partial charge < -0.3 is 14.4 Å². The first-order valence-electron chi connectivity index (χ1n) is 5.84. The molecule has 2 aliphatic heterocycles. The van der Waals surface area contributed by atoms with Crippen molar-refractivity contribution in [3.63, 3.8) is 0 Å². The molecule has 0 aliphatic carbocycles. The van der Waals surface area contributed by atoms with Crippen LogP contribution in [0.2, 0.25) is 0 Å². The first kappa shape index (κ1) is 13.7. The maximum Gasteiger partial charge on any atom is 0.337 e. The van der Waals surface area contributed by atoms with Gasteiger partial charge in [-0.25, -0.2) is 4.79 Å². The predicted molar refractivity (Wildman–Crippen MR) is 67.5 cm³/mol. The number of hydrogen-bond donors (Lipinski definition) is 0. The Balaban J connectivity index is 2.36. The van der Waals surface area contributed by atoms with Gasteiger partial charge in [-0.15, -0.1) is 0 Å². The van der Waals surface area contributed by atoms with E-state index in [9.17, 15) is 10.1 Å². The summed E-state index contributed by atoms with van der Waals surface area (Å²) < 4.78 is 10.0. The van der Waals surface area contributed by atoms with Gasteiger partial charge in [0.05, 0.1) is 43.1 Å². The Bertz CT molecular complexity index is 485. The third-order valence-corrected chi connectivity index (χ3v) is 4.39. The number of rotatable bonds is 2. The van der Waals surface area contributed by atoms with Crippen LogP contribution in [0.25, 0.3) is 0 Å². The lowest BCUT2D eigenvalue weighted by Crippen LogP contribution is -2.35. The molecule has 0 radical (unpaired) electrons. The quantitative estimate of drug-likeness (QED) is 0.679. The van der Waals surface area contributed by atoms with E-state index in [1.54, 1.807) is 0 Å². The molecule has 0 spiro atoms. The highest BCUT2D eigenvalue weighted by Gasteiger charge is 2.42. The summed E-state index contributed by atoms with van der Waals surface area (Å²) in [6, 6.07) is 4.12. The molecule has 0 saturated carbocycles. The van der Waals surface area contributed by atoms with Crippen LogP contribution < -0.4 is 0 Å². The van der Waals surface area contributed by atoms with Gasteiger partial charge in [-0.05, 0) is 0 Å². The largest absolute Gasteiger partial charge is 0.466 e. The lowest BCUT2D eigenvalue weighted by Gasteiger charge is -2.29. The molecule has 2 atom stereocenters. The average molecular weight is 279 g/mol. The summed E-state index contributed by atoms with van der Waals surface area (Å²) in [5.74, 6) is -1.27. The molecule has 0 aromatic heterocycles. The van der Waals surface area contributed by atoms with Crippen molar-refractivity contribution in [3.8, 4) is 12.1 Å². The Hall–Kier alpha value is -1.70. The second-order valence-electron chi connectivity index (χ2n) is 4.08. The van der Waals surface area contributed by atoms with Crippen LogP contribution in [0.1, 0.15) is 0 Å². The summed E-state index contributed by atoms with van der Waals surface area (Å²) in [6.07, 6.45) is 0. The van der Waals surface area contributed by atoms with E-state index in [4.69, 9.17) is 14.7 Å². The summed E-state index contributed by atoms with van der Waals surface area (Å²) in [5.41, 5.74) is 0.309. The van der Waals surface area contributed by atoms with Gasteiger partial charge in [0, 0.05) is 13.1 Å². The van der Waals surface area contributed by atoms with Crippen molar-refractivity contribution in [3.05, 3.63) is 10.6 Å². The summed E-state index contributed by atoms with van der Waals surface area (Å²) >= 11 is 1.27. The van der Waals surface area contributed by atoms with Gasteiger partial charge in [-0.3, -0.25) is 0 Å². The molecule has 1 fully saturated rings. The number of nitrogens with zero attached hydrogens (tertiary/aromatic N) is 3. The molecule has 0 amide bonds. The smallest absolute Gasteiger partial charge is 0.337 e. The molecule has 2 unspecified atom stereocenters. The van der Waals surface area contributed by atoms with Crippen LogP contribution in [0.4, 0.5) is 0 Å². The molecular weight excluding hydrogens is 266 g/mol. The van der Waals surface area contributed by atoms with Crippen molar-refractivity contribution < 1.29 is 14.3 Å². The Morgan fingerprint density at radius 2 is 2.11 bits per heavy atom. The van der Waals surface area contributed by atoms with Gasteiger partial charge in [0.25, 0.3) is 0 Å². The fourth-order valence-corrected chi connectivity index (χ4v) is 3.40. The molecule has 0 aromatic rings. The molecule has 2 heterocycles. The zero-order valence-corrected chi connectivity index (χ0v) is 11.3. The Kier molecular flexibility index (Phi) is 4.31. The van der Waals surface area contributed by atoms with Crippen LogP contribution in [0.5, 0.6) is 0 Å². The lowest BCUT2D eigenvalue weighted by atomic mass is 9.98. The van der Waals surface area contributed by atoms with E-state index >= 15 is 0 Å². The van der Waals surface area contributed by atoms with Crippen LogP contribution in [-0.2, 0) is 14.3 Å². The minimum atomic E-state index is -0.736. The second-order valence-corrected chi connectivity index (χ2v) is 5.21. The third-order valence-electron chi connectivity index (χ3n) is 3.05. The van der Waals surface area contributed by atoms with E-state index in [2.05, 4.69) is 6.07 Å². The summed E-state index contributed by atoms with van der Waals surface area (Å²) in [4.78, 5) is 13.9. The van der Waals surface area contributed by atoms with Crippen LogP contribution in [0.15, 0.2) is 10.6 Å². The summed E-state index contributed by atoms with van der Waals surface area (Å²) in [5, 5.41) is 18.4. The van der Waals surface area contributed by atoms with Crippen molar-refractivity contribution in [2.24, 2.45) is 5.92 Å². The monoisotopic (exact) mass is 279 g/mol. The number of morpholine rings is 1. The first-order valence-corrected chi connectivity index (χ1v) is 6.72. The van der Waals surface area contributed by atoms with E-state index in [0.29, 0.717) is 36.9 Å². The maximum absolute atomic E-state index is 11.9. The Morgan fingerprint density at radius 1 is 1.42 bits per heavy atom. The van der Waals surface area contributed by atoms with Gasteiger partial charge >= 0.3 is 5.97 Å². The Morgan fingerprint density at radius 3 is 2.63 bits per heavy atom. The summed E-state index contributed by atoms with van der Waals surface area (Å²) in [6.45, 7) is 2.46. The van der Waals surface area contributed by atoms with E-state index in [0.717, 1.165) is 0 Å². The zero-order chi connectivity index (χ0) is 13.8. The molecule has 6 nitrogen and oxygen atoms in total. The highest BCUT2D eigenvalue weighted by atomic mass is 32.2. The number of ether oxygens (including phenoxy) is 2. The minimum absolute atomic E-state index is 0.309. The maximum atomic E-state index is 11.9. The van der Waals surface area contributed by atoms with Gasteiger partial charge in [0.2, 0.25) is 0 Å². The highest BCUT2D eigenvalue weighted by molar-refractivity contribution is 8.04. The zero-order valence-electron chi connectivity index (χ0n) is 10.5. The predicted octanol–water partition coefficient (Wildman–Crippen LogP) is 0.482. The molecule has 0 aromatic carbocycles. The fourth-order valence-electron chi connectivity index (χ4n) is 2.10. The van der Waals surface area contributed by atoms with Crippen molar-refractivity contribution in [2.45, 2.75) is 5.25 Å². The number of nitriles is 2. The van der Waals surface area contributed by atoms with E-state index in [1.165, 1.54) is 18.9 Å². The molecule has 2 rings (SSSR count). The minimum Gasteiger partial charge on any atom is -0.466 e. The van der Waals surface area contributed by atoms with Crippen molar-refractivity contribution in [2.75, 3.05) is 33.4 Å². The van der Waals surface area contributed by atoms with Crippen LogP contribution in [-0.4, -0.2) is 49.5 Å². The number of esters is 1. The highest BCUT2D eigenvalue weighted by Crippen LogP contribution is 2.43. The lowest BCUT2D eigenvalue weighted by molar-refractivity contribution is -0.136. The SMILES string of the molecule is COC(=O)C1=C(N2CCOCC2)SC(C#N)C1C#N.